The largest absolute Gasteiger partial charge is 0.450 e. The van der Waals surface area contributed by atoms with Crippen LogP contribution >= 0.6 is 0 Å². The minimum Gasteiger partial charge on any atom is -0.450 e. The number of esters is 1. The molecule has 3 saturated carbocycles. The van der Waals surface area contributed by atoms with Crippen LogP contribution in [0.25, 0.3) is 0 Å². The third kappa shape index (κ3) is 2.74. The number of hydrogen-bond acceptors (Lipinski definition) is 6. The minimum atomic E-state index is -2.53. The van der Waals surface area contributed by atoms with Gasteiger partial charge in [-0.2, -0.15) is 0 Å². The maximum atomic E-state index is 17.2. The van der Waals surface area contributed by atoms with Gasteiger partial charge in [-0.05, 0) is 38.2 Å². The highest BCUT2D eigenvalue weighted by Crippen LogP contribution is 2.72. The summed E-state index contributed by atoms with van der Waals surface area (Å²) >= 11 is 0. The number of halogens is 3. The summed E-state index contributed by atoms with van der Waals surface area (Å²) in [5.41, 5.74) is -8.17. The van der Waals surface area contributed by atoms with Crippen LogP contribution in [0.4, 0.5) is 13.2 Å². The maximum absolute atomic E-state index is 17.2. The van der Waals surface area contributed by atoms with Gasteiger partial charge in [-0.15, -0.1) is 0 Å². The van der Waals surface area contributed by atoms with Crippen molar-refractivity contribution in [3.8, 4) is 0 Å². The summed E-state index contributed by atoms with van der Waals surface area (Å²) in [6, 6.07) is 0. The van der Waals surface area contributed by atoms with Crippen LogP contribution in [-0.4, -0.2) is 57.9 Å². The van der Waals surface area contributed by atoms with E-state index < -0.39 is 94.1 Å². The average molecular weight is 485 g/mol. The van der Waals surface area contributed by atoms with Crippen molar-refractivity contribution in [1.29, 1.82) is 0 Å². The number of carbonyl (C=O) groups excluding carboxylic acids is 3. The Bertz CT molecular complexity index is 1010. The number of hydrogen-bond donors (Lipinski definition) is 2. The molecule has 2 N–H and O–H groups in total. The summed E-state index contributed by atoms with van der Waals surface area (Å²) in [7, 11) is 0. The molecule has 34 heavy (non-hydrogen) atoms. The molecule has 4 rings (SSSR count). The van der Waals surface area contributed by atoms with E-state index in [0.717, 1.165) is 12.2 Å². The third-order valence-electron chi connectivity index (χ3n) is 9.37. The lowest BCUT2D eigenvalue weighted by atomic mass is 9.44. The molecule has 9 atom stereocenters. The molecule has 0 unspecified atom stereocenters. The van der Waals surface area contributed by atoms with E-state index in [1.54, 1.807) is 20.8 Å². The molecule has 0 aliphatic heterocycles. The van der Waals surface area contributed by atoms with E-state index in [0.29, 0.717) is 0 Å². The summed E-state index contributed by atoms with van der Waals surface area (Å²) in [6.45, 7) is 5.20. The number of ether oxygens (including phenoxy) is 1. The van der Waals surface area contributed by atoms with Crippen LogP contribution in [0.1, 0.15) is 53.4 Å². The second kappa shape index (κ2) is 7.75. The number of allylic oxidation sites excluding steroid dienone is 4. The number of aliphatic hydroxyl groups is 2. The maximum Gasteiger partial charge on any atom is 0.306 e. The molecular formula is C25H31F3O6. The fraction of sp³-hybridized carbons (Fsp3) is 0.720. The molecule has 0 saturated heterocycles. The summed E-state index contributed by atoms with van der Waals surface area (Å²) in [4.78, 5) is 37.5. The fourth-order valence-electron chi connectivity index (χ4n) is 7.85. The van der Waals surface area contributed by atoms with E-state index in [-0.39, 0.29) is 19.3 Å². The lowest BCUT2D eigenvalue weighted by Crippen LogP contribution is -2.71. The van der Waals surface area contributed by atoms with E-state index in [9.17, 15) is 29.0 Å². The topological polar surface area (TPSA) is 101 Å². The molecule has 0 radical (unpaired) electrons. The van der Waals surface area contributed by atoms with Crippen molar-refractivity contribution in [3.05, 3.63) is 23.6 Å². The van der Waals surface area contributed by atoms with Gasteiger partial charge in [0.25, 0.3) is 0 Å². The molecule has 0 aromatic heterocycles. The SMILES string of the molecule is CCC(=O)O[C@@]1(C(=O)CO)[C@@H](C)C[C@H]2[C@@H]3C[C@H](F)C4=C(F)C(=O)C=C[C@]4(C)[C@@]3(F)[C@@H](O)C[C@@]21C. The van der Waals surface area contributed by atoms with Gasteiger partial charge >= 0.3 is 5.97 Å². The average Bonchev–Trinajstić information content (AvgIpc) is 3.00. The van der Waals surface area contributed by atoms with E-state index in [1.165, 1.54) is 6.92 Å². The summed E-state index contributed by atoms with van der Waals surface area (Å²) < 4.78 is 53.2. The van der Waals surface area contributed by atoms with Gasteiger partial charge in [0, 0.05) is 34.7 Å². The van der Waals surface area contributed by atoms with E-state index >= 15 is 8.78 Å². The highest BCUT2D eigenvalue weighted by atomic mass is 19.2. The first-order valence-corrected chi connectivity index (χ1v) is 11.8. The predicted molar refractivity (Wildman–Crippen MR) is 114 cm³/mol. The summed E-state index contributed by atoms with van der Waals surface area (Å²) in [6.07, 6.45) is -2.44. The van der Waals surface area contributed by atoms with Crippen molar-refractivity contribution in [1.82, 2.24) is 0 Å². The first-order valence-electron chi connectivity index (χ1n) is 11.8. The minimum absolute atomic E-state index is 0.0379. The van der Waals surface area contributed by atoms with Gasteiger partial charge in [-0.1, -0.05) is 26.8 Å². The Morgan fingerprint density at radius 1 is 1.24 bits per heavy atom. The Balaban J connectivity index is 1.90. The number of Topliss-reactive ketones (excluding diaryl/α,β-unsaturated/α-hetero) is 1. The second-order valence-electron chi connectivity index (χ2n) is 10.7. The van der Waals surface area contributed by atoms with Gasteiger partial charge in [0.15, 0.2) is 17.1 Å². The zero-order chi connectivity index (χ0) is 25.4. The van der Waals surface area contributed by atoms with Crippen LogP contribution in [0, 0.1) is 28.6 Å². The molecule has 6 nitrogen and oxygen atoms in total. The third-order valence-corrected chi connectivity index (χ3v) is 9.37. The van der Waals surface area contributed by atoms with Gasteiger partial charge in [0.05, 0.1) is 6.10 Å². The van der Waals surface area contributed by atoms with Crippen molar-refractivity contribution in [2.45, 2.75) is 76.9 Å². The summed E-state index contributed by atoms with van der Waals surface area (Å²) in [5, 5.41) is 21.1. The molecule has 4 aliphatic carbocycles. The van der Waals surface area contributed by atoms with Gasteiger partial charge < -0.3 is 14.9 Å². The number of ketones is 2. The normalized spacial score (nSPS) is 47.7. The molecule has 4 aliphatic rings. The van der Waals surface area contributed by atoms with Crippen LogP contribution in [0.3, 0.4) is 0 Å². The number of alkyl halides is 2. The van der Waals surface area contributed by atoms with Crippen LogP contribution in [0.2, 0.25) is 0 Å². The number of aliphatic hydroxyl groups excluding tert-OH is 2. The molecular weight excluding hydrogens is 453 g/mol. The number of rotatable bonds is 4. The zero-order valence-electron chi connectivity index (χ0n) is 19.7. The molecule has 9 heteroatoms. The van der Waals surface area contributed by atoms with E-state index in [4.69, 9.17) is 4.74 Å². The lowest BCUT2D eigenvalue weighted by Gasteiger charge is -2.63. The Hall–Kier alpha value is -2.00. The van der Waals surface area contributed by atoms with Crippen molar-refractivity contribution in [2.75, 3.05) is 6.61 Å². The van der Waals surface area contributed by atoms with Crippen molar-refractivity contribution >= 4 is 17.5 Å². The van der Waals surface area contributed by atoms with Gasteiger partial charge in [0.1, 0.15) is 12.8 Å². The number of carbonyl (C=O) groups is 3. The van der Waals surface area contributed by atoms with Crippen LogP contribution < -0.4 is 0 Å². The smallest absolute Gasteiger partial charge is 0.306 e. The quantitative estimate of drug-likeness (QED) is 0.595. The second-order valence-corrected chi connectivity index (χ2v) is 10.7. The molecule has 0 aromatic rings. The van der Waals surface area contributed by atoms with Gasteiger partial charge in [0.2, 0.25) is 11.6 Å². The number of fused-ring (bicyclic) bond motifs is 5. The van der Waals surface area contributed by atoms with Gasteiger partial charge in [-0.3, -0.25) is 14.4 Å². The Morgan fingerprint density at radius 3 is 2.47 bits per heavy atom. The van der Waals surface area contributed by atoms with E-state index in [1.807, 2.05) is 0 Å². The molecule has 0 bridgehead atoms. The fourth-order valence-corrected chi connectivity index (χ4v) is 7.85. The lowest BCUT2D eigenvalue weighted by molar-refractivity contribution is -0.232. The van der Waals surface area contributed by atoms with Crippen LogP contribution in [0.15, 0.2) is 23.6 Å². The Morgan fingerprint density at radius 2 is 1.88 bits per heavy atom. The van der Waals surface area contributed by atoms with Crippen molar-refractivity contribution in [2.24, 2.45) is 28.6 Å². The predicted octanol–water partition coefficient (Wildman–Crippen LogP) is 3.10. The zero-order valence-corrected chi connectivity index (χ0v) is 19.7. The molecule has 0 heterocycles. The molecule has 0 spiro atoms. The van der Waals surface area contributed by atoms with Crippen molar-refractivity contribution < 1.29 is 42.5 Å². The van der Waals surface area contributed by atoms with Gasteiger partial charge in [-0.25, -0.2) is 13.2 Å². The highest BCUT2D eigenvalue weighted by Gasteiger charge is 2.78. The molecule has 0 aromatic carbocycles. The Labute approximate surface area is 196 Å². The molecule has 188 valence electrons. The molecule has 3 fully saturated rings. The highest BCUT2D eigenvalue weighted by molar-refractivity contribution is 6.04. The first-order chi connectivity index (χ1) is 15.8. The molecule has 0 amide bonds. The van der Waals surface area contributed by atoms with Crippen molar-refractivity contribution in [3.63, 3.8) is 0 Å². The van der Waals surface area contributed by atoms with E-state index in [2.05, 4.69) is 0 Å². The standard InChI is InChI=1S/C25H31F3O6/c1-5-19(33)34-25(18(32)11-29)12(2)8-13-14-9-15(26)20-21(27)16(30)6-7-22(20,3)24(14,28)17(31)10-23(13,25)4/h6-7,12-15,17,29,31H,5,8-11H2,1-4H3/t12-,13-,14-,15-,17-,22-,23-,24-,25+/m0/s1. The van der Waals surface area contributed by atoms with Crippen LogP contribution in [-0.2, 0) is 19.1 Å². The Kier molecular flexibility index (Phi) is 5.72. The first kappa shape index (κ1) is 25.1. The summed E-state index contributed by atoms with van der Waals surface area (Å²) in [5.74, 6) is -6.33. The van der Waals surface area contributed by atoms with Crippen LogP contribution in [0.5, 0.6) is 0 Å². The monoisotopic (exact) mass is 484 g/mol.